The van der Waals surface area contributed by atoms with Crippen LogP contribution >= 0.6 is 0 Å². The Balaban J connectivity index is 2.05. The number of esters is 1. The summed E-state index contributed by atoms with van der Waals surface area (Å²) in [5, 5.41) is 6.80. The highest BCUT2D eigenvalue weighted by Gasteiger charge is 2.27. The van der Waals surface area contributed by atoms with Crippen molar-refractivity contribution in [1.82, 2.24) is 9.78 Å². The van der Waals surface area contributed by atoms with Crippen molar-refractivity contribution in [3.63, 3.8) is 0 Å². The van der Waals surface area contributed by atoms with Gasteiger partial charge >= 0.3 is 12.1 Å². The predicted molar refractivity (Wildman–Crippen MR) is 99.7 cm³/mol. The minimum atomic E-state index is -0.744. The molecule has 1 atom stereocenters. The van der Waals surface area contributed by atoms with E-state index < -0.39 is 29.7 Å². The van der Waals surface area contributed by atoms with Crippen molar-refractivity contribution in [1.29, 1.82) is 0 Å². The van der Waals surface area contributed by atoms with Crippen LogP contribution in [0.3, 0.4) is 0 Å². The maximum absolute atomic E-state index is 14.9. The Bertz CT molecular complexity index is 897. The predicted octanol–water partition coefficient (Wildman–Crippen LogP) is 4.01. The van der Waals surface area contributed by atoms with Gasteiger partial charge in [-0.05, 0) is 52.2 Å². The lowest BCUT2D eigenvalue weighted by molar-refractivity contribution is -0.0369. The van der Waals surface area contributed by atoms with Crippen molar-refractivity contribution < 1.29 is 28.2 Å². The molecule has 28 heavy (non-hydrogen) atoms. The Hall–Kier alpha value is -2.68. The quantitative estimate of drug-likeness (QED) is 0.793. The second-order valence-electron chi connectivity index (χ2n) is 7.59. The molecule has 3 rings (SSSR count). The number of carbonyl (C=O) groups is 2. The lowest BCUT2D eigenvalue weighted by Gasteiger charge is -2.23. The Morgan fingerprint density at radius 3 is 2.68 bits per heavy atom. The molecule has 0 saturated carbocycles. The van der Waals surface area contributed by atoms with Crippen LogP contribution in [0.15, 0.2) is 12.1 Å². The average molecular weight is 393 g/mol. The first-order valence-electron chi connectivity index (χ1n) is 9.11. The number of hydrogen-bond acceptors (Lipinski definition) is 6. The van der Waals surface area contributed by atoms with Gasteiger partial charge in [0.1, 0.15) is 11.4 Å². The highest BCUT2D eigenvalue weighted by Crippen LogP contribution is 2.32. The summed E-state index contributed by atoms with van der Waals surface area (Å²) in [4.78, 5) is 24.1. The van der Waals surface area contributed by atoms with Gasteiger partial charge in [-0.25, -0.2) is 18.7 Å². The molecule has 1 amide bonds. The minimum absolute atomic E-state index is 0.0239. The highest BCUT2D eigenvalue weighted by atomic mass is 19.1. The van der Waals surface area contributed by atoms with Gasteiger partial charge in [0.25, 0.3) is 0 Å². The molecule has 1 aromatic carbocycles. The van der Waals surface area contributed by atoms with E-state index in [0.29, 0.717) is 18.5 Å². The lowest BCUT2D eigenvalue weighted by atomic mass is 10.1. The number of carbonyl (C=O) groups excluding carboxylic acids is 2. The fraction of sp³-hybridized carbons (Fsp3) is 0.526. The van der Waals surface area contributed by atoms with E-state index in [2.05, 4.69) is 10.4 Å². The summed E-state index contributed by atoms with van der Waals surface area (Å²) in [6.07, 6.45) is 1.41. The Labute approximate surface area is 161 Å². The number of anilines is 1. The SMILES string of the molecule is COC(=O)c1nn(C2CCCCO2)c2cc(NC(=O)OC(C)(C)C)cc(F)c12. The summed E-state index contributed by atoms with van der Waals surface area (Å²) in [5.41, 5.74) is -0.304. The van der Waals surface area contributed by atoms with E-state index in [1.807, 2.05) is 0 Å². The number of methoxy groups -OCH3 is 1. The van der Waals surface area contributed by atoms with Gasteiger partial charge in [-0.3, -0.25) is 5.32 Å². The molecule has 2 heterocycles. The molecule has 1 saturated heterocycles. The number of rotatable bonds is 3. The van der Waals surface area contributed by atoms with E-state index in [4.69, 9.17) is 14.2 Å². The first-order chi connectivity index (χ1) is 13.2. The molecule has 1 aromatic heterocycles. The molecule has 0 radical (unpaired) electrons. The number of ether oxygens (including phenoxy) is 3. The number of benzene rings is 1. The van der Waals surface area contributed by atoms with Crippen LogP contribution in [0.4, 0.5) is 14.9 Å². The fourth-order valence-electron chi connectivity index (χ4n) is 3.09. The second kappa shape index (κ2) is 7.75. The van der Waals surface area contributed by atoms with Crippen LogP contribution in [0.5, 0.6) is 0 Å². The fourth-order valence-corrected chi connectivity index (χ4v) is 3.09. The summed E-state index contributed by atoms with van der Waals surface area (Å²) < 4.78 is 32.0. The largest absolute Gasteiger partial charge is 0.464 e. The van der Waals surface area contributed by atoms with Gasteiger partial charge in [0, 0.05) is 12.3 Å². The zero-order valence-electron chi connectivity index (χ0n) is 16.4. The maximum atomic E-state index is 14.9. The zero-order valence-corrected chi connectivity index (χ0v) is 16.4. The van der Waals surface area contributed by atoms with Crippen molar-refractivity contribution >= 4 is 28.7 Å². The van der Waals surface area contributed by atoms with Crippen LogP contribution in [0.25, 0.3) is 10.9 Å². The topological polar surface area (TPSA) is 91.7 Å². The van der Waals surface area contributed by atoms with E-state index in [0.717, 1.165) is 18.9 Å². The third-order valence-electron chi connectivity index (χ3n) is 4.21. The van der Waals surface area contributed by atoms with Crippen molar-refractivity contribution in [3.8, 4) is 0 Å². The second-order valence-corrected chi connectivity index (χ2v) is 7.59. The third kappa shape index (κ3) is 4.24. The molecular weight excluding hydrogens is 369 g/mol. The van der Waals surface area contributed by atoms with Crippen LogP contribution < -0.4 is 5.32 Å². The van der Waals surface area contributed by atoms with Crippen molar-refractivity contribution in [2.45, 2.75) is 51.9 Å². The molecular formula is C19H24FN3O5. The van der Waals surface area contributed by atoms with Gasteiger partial charge in [-0.15, -0.1) is 0 Å². The molecule has 0 aliphatic carbocycles. The van der Waals surface area contributed by atoms with Gasteiger partial charge in [0.15, 0.2) is 11.9 Å². The van der Waals surface area contributed by atoms with Crippen molar-refractivity contribution in [2.24, 2.45) is 0 Å². The lowest BCUT2D eigenvalue weighted by Crippen LogP contribution is -2.27. The molecule has 1 unspecified atom stereocenters. The van der Waals surface area contributed by atoms with E-state index in [9.17, 15) is 14.0 Å². The summed E-state index contributed by atoms with van der Waals surface area (Å²) in [6, 6.07) is 2.66. The van der Waals surface area contributed by atoms with Gasteiger partial charge in [-0.2, -0.15) is 5.10 Å². The van der Waals surface area contributed by atoms with Crippen LogP contribution in [-0.2, 0) is 14.2 Å². The molecule has 1 aliphatic rings. The summed E-state index contributed by atoms with van der Waals surface area (Å²) in [5.74, 6) is -1.45. The van der Waals surface area contributed by atoms with Gasteiger partial charge in [0.05, 0.1) is 18.0 Å². The summed E-state index contributed by atoms with van der Waals surface area (Å²) >= 11 is 0. The minimum Gasteiger partial charge on any atom is -0.464 e. The molecule has 0 bridgehead atoms. The van der Waals surface area contributed by atoms with Crippen LogP contribution in [0, 0.1) is 5.82 Å². The number of halogens is 1. The smallest absolute Gasteiger partial charge is 0.412 e. The Kier molecular flexibility index (Phi) is 5.55. The molecule has 1 N–H and O–H groups in total. The summed E-state index contributed by atoms with van der Waals surface area (Å²) in [7, 11) is 1.21. The van der Waals surface area contributed by atoms with E-state index in [-0.39, 0.29) is 16.8 Å². The maximum Gasteiger partial charge on any atom is 0.412 e. The monoisotopic (exact) mass is 393 g/mol. The van der Waals surface area contributed by atoms with Gasteiger partial charge in [-0.1, -0.05) is 0 Å². The van der Waals surface area contributed by atoms with E-state index in [1.54, 1.807) is 26.8 Å². The first kappa shape index (κ1) is 20.1. The molecule has 1 aliphatic heterocycles. The van der Waals surface area contributed by atoms with Crippen LogP contribution in [0.2, 0.25) is 0 Å². The number of hydrogen-bond donors (Lipinski definition) is 1. The molecule has 2 aromatic rings. The number of aromatic nitrogens is 2. The van der Waals surface area contributed by atoms with E-state index >= 15 is 0 Å². The molecule has 1 fully saturated rings. The molecule has 152 valence electrons. The number of amides is 1. The van der Waals surface area contributed by atoms with Gasteiger partial charge in [0.2, 0.25) is 0 Å². The zero-order chi connectivity index (χ0) is 20.5. The standard InChI is InChI=1S/C19H24FN3O5/c1-19(2,3)28-18(25)21-11-9-12(20)15-13(10-11)23(14-7-5-6-8-27-14)22-16(15)17(24)26-4/h9-10,14H,5-8H2,1-4H3,(H,21,25). The average Bonchev–Trinajstić information content (AvgIpc) is 3.00. The van der Waals surface area contributed by atoms with Gasteiger partial charge < -0.3 is 14.2 Å². The summed E-state index contributed by atoms with van der Waals surface area (Å²) in [6.45, 7) is 5.75. The third-order valence-corrected chi connectivity index (χ3v) is 4.21. The number of fused-ring (bicyclic) bond motifs is 1. The van der Waals surface area contributed by atoms with Crippen molar-refractivity contribution in [2.75, 3.05) is 19.0 Å². The Morgan fingerprint density at radius 2 is 2.07 bits per heavy atom. The highest BCUT2D eigenvalue weighted by molar-refractivity contribution is 6.03. The van der Waals surface area contributed by atoms with Crippen LogP contribution in [0.1, 0.15) is 56.8 Å². The van der Waals surface area contributed by atoms with E-state index in [1.165, 1.54) is 11.8 Å². The molecule has 9 heteroatoms. The van der Waals surface area contributed by atoms with Crippen LogP contribution in [-0.4, -0.2) is 41.2 Å². The normalized spacial score (nSPS) is 17.4. The number of nitrogens with zero attached hydrogens (tertiary/aromatic N) is 2. The van der Waals surface area contributed by atoms with Crippen molar-refractivity contribution in [3.05, 3.63) is 23.6 Å². The molecule has 8 nitrogen and oxygen atoms in total. The number of nitrogens with one attached hydrogen (secondary N) is 1. The Morgan fingerprint density at radius 1 is 1.32 bits per heavy atom. The first-order valence-corrected chi connectivity index (χ1v) is 9.11. The molecule has 0 spiro atoms.